The minimum Gasteiger partial charge on any atom is -0.318 e. The number of benzene rings is 1. The Balaban J connectivity index is 2.04. The maximum atomic E-state index is 11.6. The molecule has 0 fully saturated rings. The quantitative estimate of drug-likeness (QED) is 0.798. The van der Waals surface area contributed by atoms with E-state index < -0.39 is 0 Å². The Labute approximate surface area is 106 Å². The summed E-state index contributed by atoms with van der Waals surface area (Å²) in [7, 11) is 1.89. The lowest BCUT2D eigenvalue weighted by atomic mass is 10.1. The van der Waals surface area contributed by atoms with Crippen molar-refractivity contribution in [2.75, 3.05) is 13.6 Å². The van der Waals surface area contributed by atoms with Crippen LogP contribution in [0.1, 0.15) is 18.0 Å². The molecule has 5 heteroatoms. The third-order valence-corrected chi connectivity index (χ3v) is 3.02. The lowest BCUT2D eigenvalue weighted by molar-refractivity contribution is 0.437. The van der Waals surface area contributed by atoms with E-state index in [4.69, 9.17) is 0 Å². The summed E-state index contributed by atoms with van der Waals surface area (Å²) in [5, 5.41) is 9.33. The molecular weight excluding hydrogens is 228 g/mol. The Morgan fingerprint density at radius 1 is 1.39 bits per heavy atom. The van der Waals surface area contributed by atoms with E-state index in [1.165, 1.54) is 5.56 Å². The number of hydrogen-bond donors (Lipinski definition) is 2. The van der Waals surface area contributed by atoms with Crippen LogP contribution in [0, 0.1) is 0 Å². The van der Waals surface area contributed by atoms with Crippen molar-refractivity contribution in [2.45, 2.75) is 18.9 Å². The first-order valence-corrected chi connectivity index (χ1v) is 6.11. The summed E-state index contributed by atoms with van der Waals surface area (Å²) < 4.78 is 1.65. The Kier molecular flexibility index (Phi) is 4.30. The first-order valence-electron chi connectivity index (χ1n) is 6.11. The zero-order valence-corrected chi connectivity index (χ0v) is 10.5. The standard InChI is InChI=1S/C13H18N4O/c1-14-9-12(17-10-15-16-13(17)18)8-7-11-5-3-2-4-6-11/h2-6,10,12,14H,7-9H2,1H3,(H,16,18)/t12-/m0/s1. The Morgan fingerprint density at radius 2 is 2.17 bits per heavy atom. The molecule has 0 saturated heterocycles. The van der Waals surface area contributed by atoms with Gasteiger partial charge in [0.25, 0.3) is 0 Å². The third kappa shape index (κ3) is 3.07. The van der Waals surface area contributed by atoms with Gasteiger partial charge in [0, 0.05) is 6.54 Å². The molecule has 0 aliphatic carbocycles. The highest BCUT2D eigenvalue weighted by Gasteiger charge is 2.12. The normalized spacial score (nSPS) is 12.5. The van der Waals surface area contributed by atoms with Gasteiger partial charge >= 0.3 is 5.69 Å². The zero-order valence-electron chi connectivity index (χ0n) is 10.5. The minimum absolute atomic E-state index is 0.126. The van der Waals surface area contributed by atoms with Gasteiger partial charge in [0.2, 0.25) is 0 Å². The van der Waals surface area contributed by atoms with E-state index in [0.29, 0.717) is 0 Å². The molecule has 2 rings (SSSR count). The molecule has 1 aromatic carbocycles. The number of H-pyrrole nitrogens is 1. The molecule has 0 aliphatic heterocycles. The van der Waals surface area contributed by atoms with Crippen molar-refractivity contribution in [1.29, 1.82) is 0 Å². The van der Waals surface area contributed by atoms with Gasteiger partial charge in [-0.1, -0.05) is 30.3 Å². The van der Waals surface area contributed by atoms with Crippen LogP contribution >= 0.6 is 0 Å². The van der Waals surface area contributed by atoms with Crippen molar-refractivity contribution < 1.29 is 0 Å². The van der Waals surface area contributed by atoms with Crippen LogP contribution in [0.4, 0.5) is 0 Å². The zero-order chi connectivity index (χ0) is 12.8. The Bertz CT molecular complexity index is 517. The van der Waals surface area contributed by atoms with Gasteiger partial charge in [0.05, 0.1) is 6.04 Å². The molecule has 2 aromatic rings. The van der Waals surface area contributed by atoms with Gasteiger partial charge in [0.15, 0.2) is 0 Å². The summed E-state index contributed by atoms with van der Waals surface area (Å²) in [6.07, 6.45) is 3.42. The van der Waals surface area contributed by atoms with E-state index in [1.807, 2.05) is 25.2 Å². The lowest BCUT2D eigenvalue weighted by Gasteiger charge is -2.16. The van der Waals surface area contributed by atoms with Crippen LogP contribution < -0.4 is 11.0 Å². The molecule has 1 heterocycles. The third-order valence-electron chi connectivity index (χ3n) is 3.02. The number of aromatic nitrogens is 3. The van der Waals surface area contributed by atoms with E-state index in [9.17, 15) is 4.79 Å². The maximum Gasteiger partial charge on any atom is 0.343 e. The fraction of sp³-hybridized carbons (Fsp3) is 0.385. The molecule has 0 amide bonds. The molecule has 0 radical (unpaired) electrons. The first kappa shape index (κ1) is 12.6. The van der Waals surface area contributed by atoms with E-state index >= 15 is 0 Å². The Morgan fingerprint density at radius 3 is 2.78 bits per heavy atom. The molecule has 0 spiro atoms. The predicted molar refractivity (Wildman–Crippen MR) is 70.6 cm³/mol. The van der Waals surface area contributed by atoms with Gasteiger partial charge in [-0.25, -0.2) is 9.89 Å². The van der Waals surface area contributed by atoms with Crippen LogP contribution in [-0.4, -0.2) is 28.4 Å². The average molecular weight is 246 g/mol. The fourth-order valence-corrected chi connectivity index (χ4v) is 2.07. The van der Waals surface area contributed by atoms with Crippen molar-refractivity contribution in [3.63, 3.8) is 0 Å². The van der Waals surface area contributed by atoms with Gasteiger partial charge in [0.1, 0.15) is 6.33 Å². The van der Waals surface area contributed by atoms with E-state index in [-0.39, 0.29) is 11.7 Å². The van der Waals surface area contributed by atoms with E-state index in [0.717, 1.165) is 19.4 Å². The summed E-state index contributed by atoms with van der Waals surface area (Å²) in [6, 6.07) is 10.4. The number of rotatable bonds is 6. The molecule has 96 valence electrons. The molecule has 2 N–H and O–H groups in total. The summed E-state index contributed by atoms with van der Waals surface area (Å²) in [6.45, 7) is 0.756. The summed E-state index contributed by atoms with van der Waals surface area (Å²) >= 11 is 0. The number of aromatic amines is 1. The van der Waals surface area contributed by atoms with Crippen molar-refractivity contribution in [3.8, 4) is 0 Å². The number of aryl methyl sites for hydroxylation is 1. The van der Waals surface area contributed by atoms with Crippen molar-refractivity contribution >= 4 is 0 Å². The van der Waals surface area contributed by atoms with Crippen LogP contribution in [-0.2, 0) is 6.42 Å². The summed E-state index contributed by atoms with van der Waals surface area (Å²) in [4.78, 5) is 11.6. The van der Waals surface area contributed by atoms with Crippen LogP contribution in [0.15, 0.2) is 41.5 Å². The van der Waals surface area contributed by atoms with Gasteiger partial charge in [-0.05, 0) is 25.5 Å². The number of nitrogens with one attached hydrogen (secondary N) is 2. The summed E-state index contributed by atoms with van der Waals surface area (Å²) in [5.74, 6) is 0. The SMILES string of the molecule is CNC[C@H](CCc1ccccc1)n1cn[nH]c1=O. The highest BCUT2D eigenvalue weighted by Crippen LogP contribution is 2.12. The minimum atomic E-state index is -0.150. The predicted octanol–water partition coefficient (Wildman–Crippen LogP) is 0.965. The van der Waals surface area contributed by atoms with Crippen LogP contribution in [0.3, 0.4) is 0 Å². The van der Waals surface area contributed by atoms with E-state index in [1.54, 1.807) is 10.9 Å². The molecule has 18 heavy (non-hydrogen) atoms. The largest absolute Gasteiger partial charge is 0.343 e. The average Bonchev–Trinajstić information content (AvgIpc) is 2.82. The second-order valence-corrected chi connectivity index (χ2v) is 4.30. The van der Waals surface area contributed by atoms with Crippen LogP contribution in [0.25, 0.3) is 0 Å². The second kappa shape index (κ2) is 6.16. The van der Waals surface area contributed by atoms with E-state index in [2.05, 4.69) is 27.6 Å². The molecule has 1 atom stereocenters. The highest BCUT2D eigenvalue weighted by molar-refractivity contribution is 5.14. The number of hydrogen-bond acceptors (Lipinski definition) is 3. The highest BCUT2D eigenvalue weighted by atomic mass is 16.1. The van der Waals surface area contributed by atoms with Gasteiger partial charge in [-0.15, -0.1) is 0 Å². The molecular formula is C13H18N4O. The number of likely N-dealkylation sites (N-methyl/N-ethyl adjacent to an activating group) is 1. The molecule has 0 saturated carbocycles. The molecule has 0 unspecified atom stereocenters. The van der Waals surface area contributed by atoms with Gasteiger partial charge < -0.3 is 5.32 Å². The molecule has 5 nitrogen and oxygen atoms in total. The van der Waals surface area contributed by atoms with Crippen LogP contribution in [0.2, 0.25) is 0 Å². The molecule has 0 bridgehead atoms. The monoisotopic (exact) mass is 246 g/mol. The lowest BCUT2D eigenvalue weighted by Crippen LogP contribution is -2.29. The second-order valence-electron chi connectivity index (χ2n) is 4.30. The molecule has 1 aromatic heterocycles. The van der Waals surface area contributed by atoms with Gasteiger partial charge in [-0.2, -0.15) is 5.10 Å². The topological polar surface area (TPSA) is 62.7 Å². The van der Waals surface area contributed by atoms with Crippen molar-refractivity contribution in [3.05, 3.63) is 52.7 Å². The van der Waals surface area contributed by atoms with Crippen LogP contribution in [0.5, 0.6) is 0 Å². The van der Waals surface area contributed by atoms with Gasteiger partial charge in [-0.3, -0.25) is 4.57 Å². The Hall–Kier alpha value is -1.88. The van der Waals surface area contributed by atoms with Crippen molar-refractivity contribution in [2.24, 2.45) is 0 Å². The smallest absolute Gasteiger partial charge is 0.318 e. The fourth-order valence-electron chi connectivity index (χ4n) is 2.07. The first-order chi connectivity index (χ1) is 8.81. The van der Waals surface area contributed by atoms with Crippen molar-refractivity contribution in [1.82, 2.24) is 20.1 Å². The molecule has 0 aliphatic rings. The maximum absolute atomic E-state index is 11.6. The number of nitrogens with zero attached hydrogens (tertiary/aromatic N) is 2. The summed E-state index contributed by atoms with van der Waals surface area (Å²) in [5.41, 5.74) is 1.14.